The van der Waals surface area contributed by atoms with Crippen LogP contribution in [0.1, 0.15) is 23.7 Å². The third-order valence-corrected chi connectivity index (χ3v) is 5.46. The van der Waals surface area contributed by atoms with E-state index in [0.29, 0.717) is 13.0 Å². The van der Waals surface area contributed by atoms with Crippen molar-refractivity contribution in [2.45, 2.75) is 23.8 Å². The van der Waals surface area contributed by atoms with Gasteiger partial charge in [0.25, 0.3) is 0 Å². The van der Waals surface area contributed by atoms with Crippen molar-refractivity contribution in [1.82, 2.24) is 19.8 Å². The molecule has 0 aliphatic heterocycles. The predicted molar refractivity (Wildman–Crippen MR) is 97.0 cm³/mol. The summed E-state index contributed by atoms with van der Waals surface area (Å²) in [6, 6.07) is 8.05. The summed E-state index contributed by atoms with van der Waals surface area (Å²) in [6.45, 7) is 0.349. The zero-order chi connectivity index (χ0) is 19.2. The lowest BCUT2D eigenvalue weighted by molar-refractivity contribution is -0.122. The number of aryl methyl sites for hydroxylation is 2. The number of nitrogens with zero attached hydrogens (tertiary/aromatic N) is 2. The van der Waals surface area contributed by atoms with Crippen LogP contribution >= 0.6 is 0 Å². The number of hydrogen-bond acceptors (Lipinski definition) is 5. The van der Waals surface area contributed by atoms with Gasteiger partial charge in [0, 0.05) is 26.8 Å². The van der Waals surface area contributed by atoms with Crippen molar-refractivity contribution in [2.24, 2.45) is 7.05 Å². The summed E-state index contributed by atoms with van der Waals surface area (Å²) < 4.78 is 32.6. The molecule has 2 rings (SSSR count). The quantitative estimate of drug-likeness (QED) is 0.669. The molecule has 0 unspecified atom stereocenters. The van der Waals surface area contributed by atoms with Crippen LogP contribution in [0, 0.1) is 0 Å². The second-order valence-corrected chi connectivity index (χ2v) is 7.69. The molecule has 1 aromatic carbocycles. The third-order valence-electron chi connectivity index (χ3n) is 4.03. The molecule has 1 amide bonds. The van der Waals surface area contributed by atoms with Crippen LogP contribution in [0.5, 0.6) is 0 Å². The fourth-order valence-electron chi connectivity index (χ4n) is 2.57. The Balaban J connectivity index is 1.94. The zero-order valence-electron chi connectivity index (χ0n) is 15.1. The number of carbonyl (C=O) groups excluding carboxylic acids is 1. The van der Waals surface area contributed by atoms with Gasteiger partial charge in [-0.1, -0.05) is 12.1 Å². The van der Waals surface area contributed by atoms with Gasteiger partial charge in [0.15, 0.2) is 0 Å². The normalized spacial score (nSPS) is 12.7. The van der Waals surface area contributed by atoms with Crippen LogP contribution in [0.4, 0.5) is 0 Å². The van der Waals surface area contributed by atoms with Gasteiger partial charge in [-0.3, -0.25) is 9.48 Å². The van der Waals surface area contributed by atoms with Gasteiger partial charge in [-0.15, -0.1) is 0 Å². The number of aromatic nitrogens is 2. The third kappa shape index (κ3) is 5.13. The second kappa shape index (κ2) is 8.93. The highest BCUT2D eigenvalue weighted by Crippen LogP contribution is 2.14. The number of methoxy groups -OCH3 is 1. The molecule has 2 aromatic rings. The summed E-state index contributed by atoms with van der Waals surface area (Å²) in [7, 11) is 1.31. The van der Waals surface area contributed by atoms with E-state index in [-0.39, 0.29) is 23.3 Å². The van der Waals surface area contributed by atoms with Crippen LogP contribution in [-0.4, -0.2) is 44.9 Å². The van der Waals surface area contributed by atoms with E-state index in [2.05, 4.69) is 15.1 Å². The summed E-state index contributed by atoms with van der Waals surface area (Å²) in [6.07, 6.45) is 2.47. The molecule has 0 fully saturated rings. The van der Waals surface area contributed by atoms with Gasteiger partial charge >= 0.3 is 0 Å². The number of rotatable bonds is 9. The van der Waals surface area contributed by atoms with Gasteiger partial charge in [0.2, 0.25) is 15.9 Å². The molecule has 0 bridgehead atoms. The topological polar surface area (TPSA) is 102 Å². The average Bonchev–Trinajstić information content (AvgIpc) is 3.06. The molecule has 1 heterocycles. The fraction of sp³-hybridized carbons (Fsp3) is 0.412. The monoisotopic (exact) mass is 380 g/mol. The SMILES string of the molecule is CNS(=O)(=O)c1ccc(CCC(=O)N[C@H](COC)c2ccnn2C)cc1. The molecule has 142 valence electrons. The smallest absolute Gasteiger partial charge is 0.240 e. The molecule has 0 aliphatic carbocycles. The Morgan fingerprint density at radius 1 is 1.27 bits per heavy atom. The van der Waals surface area contributed by atoms with Crippen molar-refractivity contribution >= 4 is 15.9 Å². The van der Waals surface area contributed by atoms with E-state index >= 15 is 0 Å². The molecule has 1 atom stereocenters. The molecular formula is C17H24N4O4S. The van der Waals surface area contributed by atoms with E-state index in [9.17, 15) is 13.2 Å². The highest BCUT2D eigenvalue weighted by atomic mass is 32.2. The summed E-state index contributed by atoms with van der Waals surface area (Å²) in [4.78, 5) is 12.5. The van der Waals surface area contributed by atoms with Crippen LogP contribution in [0.25, 0.3) is 0 Å². The Hall–Kier alpha value is -2.23. The van der Waals surface area contributed by atoms with E-state index in [1.807, 2.05) is 13.1 Å². The summed E-state index contributed by atoms with van der Waals surface area (Å²) >= 11 is 0. The van der Waals surface area contributed by atoms with E-state index in [4.69, 9.17) is 4.74 Å². The molecule has 9 heteroatoms. The molecule has 0 aliphatic rings. The second-order valence-electron chi connectivity index (χ2n) is 5.81. The first kappa shape index (κ1) is 20.1. The lowest BCUT2D eigenvalue weighted by Crippen LogP contribution is -2.32. The van der Waals surface area contributed by atoms with Crippen LogP contribution in [0.3, 0.4) is 0 Å². The fourth-order valence-corrected chi connectivity index (χ4v) is 3.30. The molecule has 26 heavy (non-hydrogen) atoms. The Labute approximate surface area is 153 Å². The predicted octanol–water partition coefficient (Wildman–Crippen LogP) is 0.765. The minimum atomic E-state index is -3.45. The number of nitrogens with one attached hydrogen (secondary N) is 2. The first-order valence-corrected chi connectivity index (χ1v) is 9.64. The van der Waals surface area contributed by atoms with Gasteiger partial charge in [-0.05, 0) is 37.2 Å². The van der Waals surface area contributed by atoms with E-state index in [1.165, 1.54) is 19.2 Å². The number of benzene rings is 1. The number of amides is 1. The Morgan fingerprint density at radius 2 is 1.96 bits per heavy atom. The largest absolute Gasteiger partial charge is 0.382 e. The average molecular weight is 380 g/mol. The Morgan fingerprint density at radius 3 is 2.50 bits per heavy atom. The van der Waals surface area contributed by atoms with E-state index < -0.39 is 10.0 Å². The minimum Gasteiger partial charge on any atom is -0.382 e. The maximum Gasteiger partial charge on any atom is 0.240 e. The van der Waals surface area contributed by atoms with Crippen molar-refractivity contribution in [3.8, 4) is 0 Å². The highest BCUT2D eigenvalue weighted by Gasteiger charge is 2.17. The molecular weight excluding hydrogens is 356 g/mol. The summed E-state index contributed by atoms with van der Waals surface area (Å²) in [5.74, 6) is -0.111. The van der Waals surface area contributed by atoms with Gasteiger partial charge in [-0.2, -0.15) is 5.10 Å². The van der Waals surface area contributed by atoms with Crippen molar-refractivity contribution in [1.29, 1.82) is 0 Å². The van der Waals surface area contributed by atoms with Crippen molar-refractivity contribution in [3.05, 3.63) is 47.8 Å². The van der Waals surface area contributed by atoms with Gasteiger partial charge < -0.3 is 10.1 Å². The highest BCUT2D eigenvalue weighted by molar-refractivity contribution is 7.89. The van der Waals surface area contributed by atoms with Crippen LogP contribution in [-0.2, 0) is 33.0 Å². The van der Waals surface area contributed by atoms with Crippen LogP contribution in [0.2, 0.25) is 0 Å². The molecule has 8 nitrogen and oxygen atoms in total. The first-order valence-electron chi connectivity index (χ1n) is 8.16. The van der Waals surface area contributed by atoms with Crippen LogP contribution in [0.15, 0.2) is 41.4 Å². The number of hydrogen-bond donors (Lipinski definition) is 2. The number of sulfonamides is 1. The van der Waals surface area contributed by atoms with Crippen molar-refractivity contribution < 1.29 is 17.9 Å². The number of carbonyl (C=O) groups is 1. The van der Waals surface area contributed by atoms with Crippen molar-refractivity contribution in [3.63, 3.8) is 0 Å². The minimum absolute atomic E-state index is 0.111. The van der Waals surface area contributed by atoms with Gasteiger partial charge in [0.05, 0.1) is 23.2 Å². The first-order chi connectivity index (χ1) is 12.4. The maximum absolute atomic E-state index is 12.3. The molecule has 2 N–H and O–H groups in total. The van der Waals surface area contributed by atoms with Crippen LogP contribution < -0.4 is 10.0 Å². The van der Waals surface area contributed by atoms with Gasteiger partial charge in [-0.25, -0.2) is 13.1 Å². The summed E-state index contributed by atoms with van der Waals surface area (Å²) in [5.41, 5.74) is 1.75. The number of ether oxygens (including phenoxy) is 1. The zero-order valence-corrected chi connectivity index (χ0v) is 15.9. The Kier molecular flexibility index (Phi) is 6.90. The maximum atomic E-state index is 12.3. The van der Waals surface area contributed by atoms with Crippen molar-refractivity contribution in [2.75, 3.05) is 20.8 Å². The van der Waals surface area contributed by atoms with E-state index in [1.54, 1.807) is 30.1 Å². The van der Waals surface area contributed by atoms with Gasteiger partial charge in [0.1, 0.15) is 0 Å². The molecule has 1 aromatic heterocycles. The lowest BCUT2D eigenvalue weighted by Gasteiger charge is -2.18. The van der Waals surface area contributed by atoms with E-state index in [0.717, 1.165) is 11.3 Å². The molecule has 0 spiro atoms. The standard InChI is InChI=1S/C17H24N4O4S/c1-18-26(23,24)14-7-4-13(5-8-14)6-9-17(22)20-15(12-25-3)16-10-11-19-21(16)2/h4-5,7-8,10-11,15,18H,6,9,12H2,1-3H3,(H,20,22)/t15-/m1/s1. The summed E-state index contributed by atoms with van der Waals surface area (Å²) in [5, 5.41) is 7.06. The lowest BCUT2D eigenvalue weighted by atomic mass is 10.1. The molecule has 0 saturated carbocycles. The Bertz CT molecular complexity index is 831. The molecule has 0 saturated heterocycles. The molecule has 0 radical (unpaired) electrons.